The Morgan fingerprint density at radius 3 is 2.86 bits per heavy atom. The largest absolute Gasteiger partial charge is 0.271 e. The molecule has 0 aliphatic heterocycles. The molecule has 0 amide bonds. The summed E-state index contributed by atoms with van der Waals surface area (Å²) in [5, 5.41) is 4.12. The second kappa shape index (κ2) is 4.50. The zero-order chi connectivity index (χ0) is 9.97. The maximum Gasteiger partial charge on any atom is 0.0837 e. The molecule has 2 aromatic rings. The molecule has 0 aliphatic rings. The summed E-state index contributed by atoms with van der Waals surface area (Å²) in [6.45, 7) is 0. The smallest absolute Gasteiger partial charge is 0.0837 e. The van der Waals surface area contributed by atoms with Gasteiger partial charge in [-0.2, -0.15) is 11.3 Å². The van der Waals surface area contributed by atoms with Gasteiger partial charge < -0.3 is 0 Å². The summed E-state index contributed by atoms with van der Waals surface area (Å²) >= 11 is 6.73. The first-order valence-electron chi connectivity index (χ1n) is 3.89. The lowest BCUT2D eigenvalue weighted by atomic mass is 10.1. The van der Waals surface area contributed by atoms with Gasteiger partial charge >= 0.3 is 0 Å². The lowest BCUT2D eigenvalue weighted by Gasteiger charge is -2.12. The lowest BCUT2D eigenvalue weighted by Crippen LogP contribution is -2.28. The number of hydrazine groups is 1. The second-order valence-electron chi connectivity index (χ2n) is 2.68. The molecular weight excluding hydrogens is 282 g/mol. The molecule has 0 saturated carbocycles. The standard InChI is InChI=1S/C8H8BrN3S2/c9-6-3-13-2-5(6)8(12-10)7-1-11-4-14-7/h1-4,8,12H,10H2. The van der Waals surface area contributed by atoms with Gasteiger partial charge in [-0.3, -0.25) is 10.8 Å². The Morgan fingerprint density at radius 1 is 1.50 bits per heavy atom. The molecule has 6 heteroatoms. The van der Waals surface area contributed by atoms with Crippen molar-refractivity contribution in [3.05, 3.63) is 37.4 Å². The van der Waals surface area contributed by atoms with Crippen LogP contribution in [0.25, 0.3) is 0 Å². The number of nitrogens with one attached hydrogen (secondary N) is 1. The first-order valence-corrected chi connectivity index (χ1v) is 6.50. The number of thiophene rings is 1. The number of hydrogen-bond donors (Lipinski definition) is 2. The molecule has 0 saturated heterocycles. The van der Waals surface area contributed by atoms with Crippen molar-refractivity contribution in [1.29, 1.82) is 0 Å². The van der Waals surface area contributed by atoms with Gasteiger partial charge in [0.15, 0.2) is 0 Å². The van der Waals surface area contributed by atoms with Crippen LogP contribution in [-0.2, 0) is 0 Å². The number of thiazole rings is 1. The molecular formula is C8H8BrN3S2. The SMILES string of the molecule is NNC(c1cncs1)c1cscc1Br. The van der Waals surface area contributed by atoms with Crippen LogP contribution in [0.1, 0.15) is 16.5 Å². The van der Waals surface area contributed by atoms with Crippen molar-refractivity contribution in [2.45, 2.75) is 6.04 Å². The molecule has 2 rings (SSSR count). The van der Waals surface area contributed by atoms with Crippen molar-refractivity contribution in [1.82, 2.24) is 10.4 Å². The van der Waals surface area contributed by atoms with Crippen LogP contribution in [0.3, 0.4) is 0 Å². The van der Waals surface area contributed by atoms with Crippen molar-refractivity contribution in [2.75, 3.05) is 0 Å². The van der Waals surface area contributed by atoms with E-state index in [9.17, 15) is 0 Å². The first kappa shape index (κ1) is 10.3. The van der Waals surface area contributed by atoms with E-state index in [4.69, 9.17) is 5.84 Å². The predicted molar refractivity (Wildman–Crippen MR) is 63.3 cm³/mol. The third-order valence-electron chi connectivity index (χ3n) is 1.86. The van der Waals surface area contributed by atoms with Gasteiger partial charge in [0.05, 0.1) is 11.6 Å². The Kier molecular flexibility index (Phi) is 3.30. The highest BCUT2D eigenvalue weighted by atomic mass is 79.9. The summed E-state index contributed by atoms with van der Waals surface area (Å²) in [6.07, 6.45) is 1.83. The summed E-state index contributed by atoms with van der Waals surface area (Å²) in [4.78, 5) is 5.16. The van der Waals surface area contributed by atoms with E-state index >= 15 is 0 Å². The Labute approximate surface area is 98.1 Å². The number of rotatable bonds is 3. The van der Waals surface area contributed by atoms with Crippen LogP contribution in [-0.4, -0.2) is 4.98 Å². The molecule has 0 radical (unpaired) electrons. The summed E-state index contributed by atoms with van der Waals surface area (Å²) < 4.78 is 1.08. The van der Waals surface area contributed by atoms with E-state index in [0.29, 0.717) is 0 Å². The molecule has 1 atom stereocenters. The zero-order valence-electron chi connectivity index (χ0n) is 7.11. The van der Waals surface area contributed by atoms with E-state index in [0.717, 1.165) is 14.9 Å². The lowest BCUT2D eigenvalue weighted by molar-refractivity contribution is 0.645. The van der Waals surface area contributed by atoms with Crippen LogP contribution in [0.2, 0.25) is 0 Å². The second-order valence-corrected chi connectivity index (χ2v) is 5.19. The quantitative estimate of drug-likeness (QED) is 0.674. The third-order valence-corrected chi connectivity index (χ3v) is 4.45. The minimum absolute atomic E-state index is 0.0307. The summed E-state index contributed by atoms with van der Waals surface area (Å²) in [7, 11) is 0. The monoisotopic (exact) mass is 289 g/mol. The van der Waals surface area contributed by atoms with E-state index in [-0.39, 0.29) is 6.04 Å². The Morgan fingerprint density at radius 2 is 2.36 bits per heavy atom. The molecule has 74 valence electrons. The minimum Gasteiger partial charge on any atom is -0.271 e. The van der Waals surface area contributed by atoms with Gasteiger partial charge in [-0.15, -0.1) is 11.3 Å². The summed E-state index contributed by atoms with van der Waals surface area (Å²) in [5.41, 5.74) is 5.75. The highest BCUT2D eigenvalue weighted by Gasteiger charge is 2.17. The molecule has 0 spiro atoms. The number of halogens is 1. The molecule has 0 aliphatic carbocycles. The normalized spacial score (nSPS) is 13.0. The summed E-state index contributed by atoms with van der Waals surface area (Å²) in [6, 6.07) is 0.0307. The molecule has 0 bridgehead atoms. The Hall–Kier alpha value is -0.270. The highest BCUT2D eigenvalue weighted by Crippen LogP contribution is 2.32. The number of aromatic nitrogens is 1. The first-order chi connectivity index (χ1) is 6.83. The topological polar surface area (TPSA) is 50.9 Å². The van der Waals surface area contributed by atoms with Crippen molar-refractivity contribution in [3.63, 3.8) is 0 Å². The fourth-order valence-electron chi connectivity index (χ4n) is 1.19. The number of nitrogens with zero attached hydrogens (tertiary/aromatic N) is 1. The number of hydrogen-bond acceptors (Lipinski definition) is 5. The number of nitrogens with two attached hydrogens (primary N) is 1. The van der Waals surface area contributed by atoms with Gasteiger partial charge in [-0.25, -0.2) is 5.43 Å². The maximum atomic E-state index is 5.54. The molecule has 2 heterocycles. The van der Waals surface area contributed by atoms with E-state index in [1.165, 1.54) is 0 Å². The molecule has 1 unspecified atom stereocenters. The fraction of sp³-hybridized carbons (Fsp3) is 0.125. The molecule has 2 aromatic heterocycles. The fourth-order valence-corrected chi connectivity index (χ4v) is 3.44. The maximum absolute atomic E-state index is 5.54. The van der Waals surface area contributed by atoms with Crippen molar-refractivity contribution in [2.24, 2.45) is 5.84 Å². The Balaban J connectivity index is 2.36. The van der Waals surface area contributed by atoms with Crippen molar-refractivity contribution >= 4 is 38.6 Å². The molecule has 0 fully saturated rings. The predicted octanol–water partition coefficient (Wildman–Crippen LogP) is 2.52. The molecule has 0 aromatic carbocycles. The minimum atomic E-state index is 0.0307. The van der Waals surface area contributed by atoms with Crippen LogP contribution in [0.15, 0.2) is 26.9 Å². The zero-order valence-corrected chi connectivity index (χ0v) is 10.3. The van der Waals surface area contributed by atoms with Crippen molar-refractivity contribution < 1.29 is 0 Å². The van der Waals surface area contributed by atoms with Crippen LogP contribution in [0.5, 0.6) is 0 Å². The van der Waals surface area contributed by atoms with Crippen molar-refractivity contribution in [3.8, 4) is 0 Å². The summed E-state index contributed by atoms with van der Waals surface area (Å²) in [5.74, 6) is 5.54. The van der Waals surface area contributed by atoms with Crippen LogP contribution < -0.4 is 11.3 Å². The van der Waals surface area contributed by atoms with Crippen LogP contribution >= 0.6 is 38.6 Å². The van der Waals surface area contributed by atoms with Gasteiger partial charge in [0.1, 0.15) is 0 Å². The van der Waals surface area contributed by atoms with E-state index < -0.39 is 0 Å². The molecule has 3 N–H and O–H groups in total. The molecule has 3 nitrogen and oxygen atoms in total. The average Bonchev–Trinajstić information content (AvgIpc) is 2.80. The van der Waals surface area contributed by atoms with Gasteiger partial charge in [0, 0.05) is 26.5 Å². The van der Waals surface area contributed by atoms with E-state index in [1.54, 1.807) is 28.2 Å². The molecule has 14 heavy (non-hydrogen) atoms. The van der Waals surface area contributed by atoms with Gasteiger partial charge in [-0.05, 0) is 21.3 Å². The van der Waals surface area contributed by atoms with Gasteiger partial charge in [0.2, 0.25) is 0 Å². The third kappa shape index (κ3) is 1.89. The van der Waals surface area contributed by atoms with E-state index in [1.807, 2.05) is 11.6 Å². The highest BCUT2D eigenvalue weighted by molar-refractivity contribution is 9.10. The van der Waals surface area contributed by atoms with E-state index in [2.05, 4.69) is 31.7 Å². The average molecular weight is 290 g/mol. The van der Waals surface area contributed by atoms with Gasteiger partial charge in [-0.1, -0.05) is 0 Å². The van der Waals surface area contributed by atoms with Crippen LogP contribution in [0, 0.1) is 0 Å². The Bertz CT molecular complexity index is 398. The van der Waals surface area contributed by atoms with Gasteiger partial charge in [0.25, 0.3) is 0 Å². The van der Waals surface area contributed by atoms with Crippen LogP contribution in [0.4, 0.5) is 0 Å².